The van der Waals surface area contributed by atoms with Crippen molar-refractivity contribution in [3.8, 4) is 0 Å². The monoisotopic (exact) mass is 428 g/mol. The van der Waals surface area contributed by atoms with Crippen LogP contribution in [0.3, 0.4) is 0 Å². The second kappa shape index (κ2) is 8.70. The number of amides is 1. The Kier molecular flexibility index (Phi) is 6.43. The quantitative estimate of drug-likeness (QED) is 0.733. The van der Waals surface area contributed by atoms with Crippen molar-refractivity contribution in [3.05, 3.63) is 58.7 Å². The van der Waals surface area contributed by atoms with Crippen LogP contribution in [0.1, 0.15) is 46.8 Å². The standard InChI is InChI=1S/C23H28N2O4S/c1-15-11-16(2)22(17(3)12-15)30(28,29)25-10-6-8-20(14-25)23(27)24-21-9-5-7-19(13-21)18(4)26/h5,7,9,11-13,20H,6,8,10,14H2,1-4H3,(H,24,27)/t20-/m1/s1. The zero-order valence-electron chi connectivity index (χ0n) is 17.9. The van der Waals surface area contributed by atoms with E-state index in [0.717, 1.165) is 16.7 Å². The summed E-state index contributed by atoms with van der Waals surface area (Å²) in [7, 11) is -3.69. The van der Waals surface area contributed by atoms with E-state index in [1.807, 2.05) is 32.9 Å². The van der Waals surface area contributed by atoms with Gasteiger partial charge in [-0.05, 0) is 63.8 Å². The topological polar surface area (TPSA) is 83.6 Å². The van der Waals surface area contributed by atoms with E-state index in [2.05, 4.69) is 5.32 Å². The Hall–Kier alpha value is -2.51. The van der Waals surface area contributed by atoms with Crippen molar-refractivity contribution in [2.24, 2.45) is 5.92 Å². The number of Topliss-reactive ketones (excluding diaryl/α,β-unsaturated/α-hetero) is 1. The predicted octanol–water partition coefficient (Wildman–Crippen LogP) is 3.85. The smallest absolute Gasteiger partial charge is 0.243 e. The summed E-state index contributed by atoms with van der Waals surface area (Å²) in [5.74, 6) is -0.751. The molecule has 1 N–H and O–H groups in total. The molecular formula is C23H28N2O4S. The van der Waals surface area contributed by atoms with Gasteiger partial charge in [0.05, 0.1) is 10.8 Å². The van der Waals surface area contributed by atoms with Crippen molar-refractivity contribution in [1.82, 2.24) is 4.31 Å². The summed E-state index contributed by atoms with van der Waals surface area (Å²) < 4.78 is 28.1. The lowest BCUT2D eigenvalue weighted by Crippen LogP contribution is -2.44. The zero-order chi connectivity index (χ0) is 22.1. The molecule has 3 rings (SSSR count). The fraction of sp³-hybridized carbons (Fsp3) is 0.391. The average Bonchev–Trinajstić information content (AvgIpc) is 2.67. The Morgan fingerprint density at radius 3 is 2.37 bits per heavy atom. The van der Waals surface area contributed by atoms with Gasteiger partial charge >= 0.3 is 0 Å². The molecule has 1 saturated heterocycles. The number of piperidine rings is 1. The largest absolute Gasteiger partial charge is 0.326 e. The number of ketones is 1. The molecule has 7 heteroatoms. The van der Waals surface area contributed by atoms with Gasteiger partial charge in [-0.25, -0.2) is 8.42 Å². The highest BCUT2D eigenvalue weighted by Gasteiger charge is 2.34. The van der Waals surface area contributed by atoms with Gasteiger partial charge in [0, 0.05) is 24.3 Å². The molecule has 1 aliphatic rings. The Morgan fingerprint density at radius 2 is 1.73 bits per heavy atom. The van der Waals surface area contributed by atoms with Crippen LogP contribution >= 0.6 is 0 Å². The molecule has 2 aromatic rings. The molecular weight excluding hydrogens is 400 g/mol. The Balaban J connectivity index is 1.79. The van der Waals surface area contributed by atoms with Gasteiger partial charge in [-0.2, -0.15) is 4.31 Å². The van der Waals surface area contributed by atoms with Crippen LogP contribution in [0.5, 0.6) is 0 Å². The first-order chi connectivity index (χ1) is 14.1. The second-order valence-corrected chi connectivity index (χ2v) is 9.93. The van der Waals surface area contributed by atoms with E-state index in [-0.39, 0.29) is 18.2 Å². The van der Waals surface area contributed by atoms with Gasteiger partial charge in [-0.1, -0.05) is 29.8 Å². The molecule has 1 heterocycles. The number of nitrogens with one attached hydrogen (secondary N) is 1. The van der Waals surface area contributed by atoms with Gasteiger partial charge in [0.2, 0.25) is 15.9 Å². The SMILES string of the molecule is CC(=O)c1cccc(NC(=O)[C@@H]2CCCN(S(=O)(=O)c3c(C)cc(C)cc3C)C2)c1. The summed E-state index contributed by atoms with van der Waals surface area (Å²) in [6, 6.07) is 10.5. The minimum absolute atomic E-state index is 0.0788. The second-order valence-electron chi connectivity index (χ2n) is 8.06. The Bertz CT molecular complexity index is 1070. The molecule has 0 radical (unpaired) electrons. The highest BCUT2D eigenvalue weighted by atomic mass is 32.2. The molecule has 2 aromatic carbocycles. The molecule has 160 valence electrons. The van der Waals surface area contributed by atoms with Crippen molar-refractivity contribution in [2.75, 3.05) is 18.4 Å². The van der Waals surface area contributed by atoms with E-state index in [9.17, 15) is 18.0 Å². The first-order valence-corrected chi connectivity index (χ1v) is 11.5. The van der Waals surface area contributed by atoms with Crippen molar-refractivity contribution >= 4 is 27.4 Å². The molecule has 1 atom stereocenters. The van der Waals surface area contributed by atoms with E-state index in [1.165, 1.54) is 11.2 Å². The molecule has 0 spiro atoms. The number of rotatable bonds is 5. The molecule has 6 nitrogen and oxygen atoms in total. The molecule has 0 unspecified atom stereocenters. The van der Waals surface area contributed by atoms with Crippen molar-refractivity contribution in [2.45, 2.75) is 45.4 Å². The number of aryl methyl sites for hydroxylation is 3. The van der Waals surface area contributed by atoms with Crippen molar-refractivity contribution < 1.29 is 18.0 Å². The van der Waals surface area contributed by atoms with E-state index in [0.29, 0.717) is 35.5 Å². The maximum atomic E-state index is 13.3. The van der Waals surface area contributed by atoms with Crippen LogP contribution in [0.4, 0.5) is 5.69 Å². The third-order valence-electron chi connectivity index (χ3n) is 5.49. The van der Waals surface area contributed by atoms with Gasteiger partial charge in [-0.3, -0.25) is 9.59 Å². The normalized spacial score (nSPS) is 17.5. The minimum atomic E-state index is -3.69. The van der Waals surface area contributed by atoms with Gasteiger partial charge < -0.3 is 5.32 Å². The molecule has 30 heavy (non-hydrogen) atoms. The summed E-state index contributed by atoms with van der Waals surface area (Å²) in [6.45, 7) is 7.58. The average molecular weight is 429 g/mol. The third-order valence-corrected chi connectivity index (χ3v) is 7.67. The Morgan fingerprint density at radius 1 is 1.07 bits per heavy atom. The van der Waals surface area contributed by atoms with Crippen LogP contribution in [0, 0.1) is 26.7 Å². The van der Waals surface area contributed by atoms with Crippen molar-refractivity contribution in [1.29, 1.82) is 0 Å². The van der Waals surface area contributed by atoms with E-state index in [1.54, 1.807) is 24.3 Å². The lowest BCUT2D eigenvalue weighted by molar-refractivity contribution is -0.120. The maximum Gasteiger partial charge on any atom is 0.243 e. The molecule has 1 aliphatic heterocycles. The first-order valence-electron chi connectivity index (χ1n) is 10.1. The maximum absolute atomic E-state index is 13.3. The number of carbonyl (C=O) groups excluding carboxylic acids is 2. The van der Waals surface area contributed by atoms with Gasteiger partial charge in [-0.15, -0.1) is 0 Å². The predicted molar refractivity (Wildman–Crippen MR) is 117 cm³/mol. The summed E-state index contributed by atoms with van der Waals surface area (Å²) in [6.07, 6.45) is 1.24. The zero-order valence-corrected chi connectivity index (χ0v) is 18.7. The fourth-order valence-corrected chi connectivity index (χ4v) is 6.07. The number of benzene rings is 2. The fourth-order valence-electron chi connectivity index (χ4n) is 4.14. The van der Waals surface area contributed by atoms with Crippen LogP contribution in [0.25, 0.3) is 0 Å². The summed E-state index contributed by atoms with van der Waals surface area (Å²) in [5.41, 5.74) is 3.52. The third kappa shape index (κ3) is 4.63. The van der Waals surface area contributed by atoms with Crippen molar-refractivity contribution in [3.63, 3.8) is 0 Å². The van der Waals surface area contributed by atoms with Crippen LogP contribution in [0.15, 0.2) is 41.3 Å². The van der Waals surface area contributed by atoms with E-state index < -0.39 is 15.9 Å². The lowest BCUT2D eigenvalue weighted by atomic mass is 9.98. The molecule has 1 fully saturated rings. The minimum Gasteiger partial charge on any atom is -0.326 e. The van der Waals surface area contributed by atoms with Gasteiger partial charge in [0.15, 0.2) is 5.78 Å². The first kappa shape index (κ1) is 22.2. The van der Waals surface area contributed by atoms with Crippen LogP contribution in [-0.4, -0.2) is 37.5 Å². The van der Waals surface area contributed by atoms with E-state index in [4.69, 9.17) is 0 Å². The van der Waals surface area contributed by atoms with Gasteiger partial charge in [0.1, 0.15) is 0 Å². The molecule has 1 amide bonds. The molecule has 0 aliphatic carbocycles. The van der Waals surface area contributed by atoms with Crippen LogP contribution in [0.2, 0.25) is 0 Å². The summed E-state index contributed by atoms with van der Waals surface area (Å²) >= 11 is 0. The number of hydrogen-bond donors (Lipinski definition) is 1. The highest BCUT2D eigenvalue weighted by molar-refractivity contribution is 7.89. The van der Waals surface area contributed by atoms with Crippen LogP contribution in [-0.2, 0) is 14.8 Å². The Labute approximate surface area is 178 Å². The number of hydrogen-bond acceptors (Lipinski definition) is 4. The number of anilines is 1. The van der Waals surface area contributed by atoms with Crippen LogP contribution < -0.4 is 5.32 Å². The van der Waals surface area contributed by atoms with Gasteiger partial charge in [0.25, 0.3) is 0 Å². The molecule has 0 bridgehead atoms. The number of nitrogens with zero attached hydrogens (tertiary/aromatic N) is 1. The van der Waals surface area contributed by atoms with E-state index >= 15 is 0 Å². The number of sulfonamides is 1. The number of carbonyl (C=O) groups is 2. The highest BCUT2D eigenvalue weighted by Crippen LogP contribution is 2.29. The summed E-state index contributed by atoms with van der Waals surface area (Å²) in [4.78, 5) is 24.7. The molecule has 0 aromatic heterocycles. The summed E-state index contributed by atoms with van der Waals surface area (Å²) in [5, 5.41) is 2.84. The molecule has 0 saturated carbocycles. The lowest BCUT2D eigenvalue weighted by Gasteiger charge is -2.32.